The van der Waals surface area contributed by atoms with E-state index in [0.717, 1.165) is 22.6 Å². The Kier molecular flexibility index (Phi) is 9.69. The van der Waals surface area contributed by atoms with E-state index < -0.39 is 11.9 Å². The average Bonchev–Trinajstić information content (AvgIpc) is 3.66. The Hall–Kier alpha value is -5.29. The largest absolute Gasteiger partial charge is 0.493 e. The van der Waals surface area contributed by atoms with E-state index in [2.05, 4.69) is 57.0 Å². The van der Waals surface area contributed by atoms with Crippen LogP contribution in [0.2, 0.25) is 0 Å². The van der Waals surface area contributed by atoms with Crippen LogP contribution in [0.15, 0.2) is 98.9 Å². The summed E-state index contributed by atoms with van der Waals surface area (Å²) in [5, 5.41) is 13.1. The monoisotopic (exact) mass is 671 g/mol. The number of carboxylic acid groups (broad SMARTS) is 1. The Labute approximate surface area is 268 Å². The molecule has 2 heterocycles. The summed E-state index contributed by atoms with van der Waals surface area (Å²) < 4.78 is 25.7. The number of hydrogen-bond donors (Lipinski definition) is 2. The number of carbonyl (C=O) groups excluding carboxylic acids is 1. The quantitative estimate of drug-likeness (QED) is 0.107. The number of nitrogens with zero attached hydrogens (tertiary/aromatic N) is 2. The van der Waals surface area contributed by atoms with E-state index in [4.69, 9.17) is 23.7 Å². The number of hydrogen-bond acceptors (Lipinski definition) is 7. The summed E-state index contributed by atoms with van der Waals surface area (Å²) in [6.45, 7) is 4.50. The van der Waals surface area contributed by atoms with Crippen LogP contribution in [-0.4, -0.2) is 34.9 Å². The van der Waals surface area contributed by atoms with Gasteiger partial charge in [-0.1, -0.05) is 12.1 Å². The maximum Gasteiger partial charge on any atom is 0.335 e. The number of halogens is 1. The molecule has 0 spiro atoms. The average molecular weight is 673 g/mol. The van der Waals surface area contributed by atoms with Crippen molar-refractivity contribution in [2.45, 2.75) is 27.1 Å². The van der Waals surface area contributed by atoms with Gasteiger partial charge in [0.25, 0.3) is 0 Å². The van der Waals surface area contributed by atoms with Gasteiger partial charge in [0.1, 0.15) is 24.7 Å². The van der Waals surface area contributed by atoms with E-state index in [1.807, 2.05) is 24.3 Å². The summed E-state index contributed by atoms with van der Waals surface area (Å²) >= 11 is 3.50. The van der Waals surface area contributed by atoms with Crippen LogP contribution in [0.1, 0.15) is 49.2 Å². The minimum Gasteiger partial charge on any atom is -0.493 e. The molecule has 5 aromatic rings. The van der Waals surface area contributed by atoms with Gasteiger partial charge in [-0.15, -0.1) is 0 Å². The van der Waals surface area contributed by atoms with Gasteiger partial charge in [-0.3, -0.25) is 4.79 Å². The normalized spacial score (nSPS) is 11.0. The highest BCUT2D eigenvalue weighted by molar-refractivity contribution is 9.10. The molecular formula is C34H30BrN3O7. The number of rotatable bonds is 12. The first kappa shape index (κ1) is 31.1. The second-order valence-electron chi connectivity index (χ2n) is 10.0. The summed E-state index contributed by atoms with van der Waals surface area (Å²) in [4.78, 5) is 23.7. The number of aromatic nitrogens is 1. The zero-order chi connectivity index (χ0) is 31.9. The molecular weight excluding hydrogens is 642 g/mol. The lowest BCUT2D eigenvalue weighted by Crippen LogP contribution is -2.16. The predicted octanol–water partition coefficient (Wildman–Crippen LogP) is 7.08. The number of methoxy groups -OCH3 is 1. The first-order valence-corrected chi connectivity index (χ1v) is 14.6. The number of aromatic carboxylic acids is 1. The minimum atomic E-state index is -0.989. The number of furan rings is 1. The lowest BCUT2D eigenvalue weighted by atomic mass is 10.1. The molecule has 2 aromatic heterocycles. The van der Waals surface area contributed by atoms with Gasteiger partial charge in [-0.2, -0.15) is 5.10 Å². The van der Waals surface area contributed by atoms with Crippen LogP contribution in [0.4, 0.5) is 0 Å². The van der Waals surface area contributed by atoms with Gasteiger partial charge in [-0.05, 0) is 108 Å². The topological polar surface area (TPSA) is 125 Å². The fraction of sp³-hybridized carbons (Fsp3) is 0.147. The lowest BCUT2D eigenvalue weighted by molar-refractivity contribution is 0.0696. The number of benzene rings is 3. The molecule has 2 N–H and O–H groups in total. The highest BCUT2D eigenvalue weighted by atomic mass is 79.9. The van der Waals surface area contributed by atoms with Gasteiger partial charge in [0.2, 0.25) is 0 Å². The molecule has 0 saturated heterocycles. The number of carbonyl (C=O) groups is 2. The summed E-state index contributed by atoms with van der Waals surface area (Å²) in [5.74, 6) is 0.685. The van der Waals surface area contributed by atoms with Crippen molar-refractivity contribution in [3.63, 3.8) is 0 Å². The molecule has 0 radical (unpaired) electrons. The highest BCUT2D eigenvalue weighted by Gasteiger charge is 2.13. The zero-order valence-electron chi connectivity index (χ0n) is 24.7. The van der Waals surface area contributed by atoms with Crippen LogP contribution in [0.25, 0.3) is 5.69 Å². The molecule has 1 amide bonds. The van der Waals surface area contributed by atoms with Gasteiger partial charge in [0.05, 0.1) is 18.9 Å². The third-order valence-corrected chi connectivity index (χ3v) is 7.57. The Morgan fingerprint density at radius 3 is 2.29 bits per heavy atom. The third kappa shape index (κ3) is 7.63. The molecule has 0 bridgehead atoms. The summed E-state index contributed by atoms with van der Waals surface area (Å²) in [7, 11) is 1.51. The van der Waals surface area contributed by atoms with Gasteiger partial charge < -0.3 is 28.3 Å². The van der Waals surface area contributed by atoms with Crippen molar-refractivity contribution in [1.29, 1.82) is 0 Å². The highest BCUT2D eigenvalue weighted by Crippen LogP contribution is 2.33. The number of ether oxygens (including phenoxy) is 3. The molecule has 0 atom stereocenters. The molecule has 3 aromatic carbocycles. The maximum absolute atomic E-state index is 12.6. The lowest BCUT2D eigenvalue weighted by Gasteiger charge is -2.13. The van der Waals surface area contributed by atoms with E-state index in [1.165, 1.54) is 25.5 Å². The number of aryl methyl sites for hydroxylation is 2. The van der Waals surface area contributed by atoms with Crippen molar-refractivity contribution in [1.82, 2.24) is 9.99 Å². The molecule has 0 aliphatic carbocycles. The molecule has 0 fully saturated rings. The summed E-state index contributed by atoms with van der Waals surface area (Å²) in [6, 6.07) is 25.0. The molecule has 45 heavy (non-hydrogen) atoms. The predicted molar refractivity (Wildman–Crippen MR) is 172 cm³/mol. The first-order valence-electron chi connectivity index (χ1n) is 13.8. The first-order chi connectivity index (χ1) is 21.7. The third-order valence-electron chi connectivity index (χ3n) is 6.88. The van der Waals surface area contributed by atoms with E-state index in [-0.39, 0.29) is 24.5 Å². The van der Waals surface area contributed by atoms with E-state index >= 15 is 0 Å². The van der Waals surface area contributed by atoms with Crippen LogP contribution in [0, 0.1) is 13.8 Å². The number of hydrazone groups is 1. The van der Waals surface area contributed by atoms with Crippen molar-refractivity contribution >= 4 is 34.0 Å². The Morgan fingerprint density at radius 1 is 0.911 bits per heavy atom. The van der Waals surface area contributed by atoms with E-state index in [0.29, 0.717) is 33.0 Å². The summed E-state index contributed by atoms with van der Waals surface area (Å²) in [5.41, 5.74) is 7.45. The van der Waals surface area contributed by atoms with Crippen molar-refractivity contribution in [3.05, 3.63) is 129 Å². The Balaban J connectivity index is 1.14. The second-order valence-corrected chi connectivity index (χ2v) is 10.9. The molecule has 0 saturated carbocycles. The van der Waals surface area contributed by atoms with Gasteiger partial charge in [0.15, 0.2) is 17.3 Å². The smallest absolute Gasteiger partial charge is 0.335 e. The minimum absolute atomic E-state index is 0.0939. The summed E-state index contributed by atoms with van der Waals surface area (Å²) in [6.07, 6.45) is 1.46. The fourth-order valence-electron chi connectivity index (χ4n) is 4.54. The molecule has 0 aliphatic heterocycles. The van der Waals surface area contributed by atoms with Crippen molar-refractivity contribution < 1.29 is 33.3 Å². The fourth-order valence-corrected chi connectivity index (χ4v) is 4.97. The van der Waals surface area contributed by atoms with E-state index in [9.17, 15) is 9.59 Å². The number of carboxylic acids is 1. The Bertz CT molecular complexity index is 1820. The van der Waals surface area contributed by atoms with Crippen LogP contribution in [0.3, 0.4) is 0 Å². The molecule has 11 heteroatoms. The molecule has 230 valence electrons. The molecule has 0 unspecified atom stereocenters. The van der Waals surface area contributed by atoms with Gasteiger partial charge in [-0.25, -0.2) is 10.2 Å². The van der Waals surface area contributed by atoms with E-state index in [1.54, 1.807) is 36.4 Å². The number of nitrogens with one attached hydrogen (secondary N) is 1. The Morgan fingerprint density at radius 2 is 1.62 bits per heavy atom. The van der Waals surface area contributed by atoms with Crippen LogP contribution in [-0.2, 0) is 13.2 Å². The molecule has 10 nitrogen and oxygen atoms in total. The van der Waals surface area contributed by atoms with Crippen LogP contribution < -0.4 is 19.6 Å². The van der Waals surface area contributed by atoms with Gasteiger partial charge >= 0.3 is 11.9 Å². The van der Waals surface area contributed by atoms with Gasteiger partial charge in [0, 0.05) is 27.1 Å². The van der Waals surface area contributed by atoms with Crippen molar-refractivity contribution in [2.24, 2.45) is 5.10 Å². The standard InChI is InChI=1S/C34H30BrN3O7/c1-21-4-5-22(2)38(21)26-10-12-27(13-11-26)43-20-28-14-15-30(45-28)33(39)37-36-18-25-16-31(42-3)32(17-29(25)35)44-19-23-6-8-24(9-7-23)34(40)41/h4-18H,19-20H2,1-3H3,(H,37,39)(H,40,41)/b36-18+. The van der Waals surface area contributed by atoms with Crippen LogP contribution in [0.5, 0.6) is 17.2 Å². The number of amides is 1. The van der Waals surface area contributed by atoms with Crippen molar-refractivity contribution in [3.8, 4) is 22.9 Å². The maximum atomic E-state index is 12.6. The second kappa shape index (κ2) is 14.0. The zero-order valence-corrected chi connectivity index (χ0v) is 26.3. The molecule has 5 rings (SSSR count). The van der Waals surface area contributed by atoms with Crippen LogP contribution >= 0.6 is 15.9 Å². The van der Waals surface area contributed by atoms with Crippen molar-refractivity contribution in [2.75, 3.05) is 7.11 Å². The molecule has 0 aliphatic rings. The SMILES string of the molecule is COc1cc(/C=N/NC(=O)c2ccc(COc3ccc(-n4c(C)ccc4C)cc3)o2)c(Br)cc1OCc1ccc(C(=O)O)cc1.